The zero-order valence-electron chi connectivity index (χ0n) is 16.4. The van der Waals surface area contributed by atoms with Crippen molar-refractivity contribution in [2.24, 2.45) is 0 Å². The van der Waals surface area contributed by atoms with Gasteiger partial charge in [-0.2, -0.15) is 5.10 Å². The third-order valence-electron chi connectivity index (χ3n) is 4.49. The number of rotatable bonds is 5. The number of carbonyl (C=O) groups is 2. The van der Waals surface area contributed by atoms with Crippen molar-refractivity contribution in [3.8, 4) is 0 Å². The van der Waals surface area contributed by atoms with E-state index < -0.39 is 11.9 Å². The average Bonchev–Trinajstić information content (AvgIpc) is 3.03. The van der Waals surface area contributed by atoms with Gasteiger partial charge in [0, 0.05) is 11.4 Å². The second-order valence-electron chi connectivity index (χ2n) is 6.47. The van der Waals surface area contributed by atoms with E-state index >= 15 is 0 Å². The Bertz CT molecular complexity index is 932. The van der Waals surface area contributed by atoms with Crippen LogP contribution in [0, 0.1) is 13.8 Å². The molecule has 0 bridgehead atoms. The van der Waals surface area contributed by atoms with Crippen molar-refractivity contribution in [1.82, 2.24) is 9.78 Å². The van der Waals surface area contributed by atoms with Gasteiger partial charge in [-0.15, -0.1) is 0 Å². The first-order valence-corrected chi connectivity index (χ1v) is 8.79. The van der Waals surface area contributed by atoms with Gasteiger partial charge in [0.05, 0.1) is 38.6 Å². The van der Waals surface area contributed by atoms with Crippen LogP contribution in [0.25, 0.3) is 0 Å². The number of hydrogen-bond acceptors (Lipinski definition) is 7. The van der Waals surface area contributed by atoms with Crippen LogP contribution in [-0.4, -0.2) is 49.3 Å². The number of methoxy groups -OCH3 is 2. The number of anilines is 1. The molecule has 2 aromatic rings. The Hall–Kier alpha value is -3.13. The van der Waals surface area contributed by atoms with E-state index in [4.69, 9.17) is 14.2 Å². The number of ether oxygens (including phenoxy) is 3. The first-order valence-electron chi connectivity index (χ1n) is 8.79. The lowest BCUT2D eigenvalue weighted by Crippen LogP contribution is -2.38. The van der Waals surface area contributed by atoms with Crippen molar-refractivity contribution in [3.05, 3.63) is 58.6 Å². The van der Waals surface area contributed by atoms with Crippen molar-refractivity contribution in [3.63, 3.8) is 0 Å². The molecule has 3 rings (SSSR count). The van der Waals surface area contributed by atoms with Crippen LogP contribution in [0.5, 0.6) is 0 Å². The summed E-state index contributed by atoms with van der Waals surface area (Å²) in [6.45, 7) is 4.65. The number of carbonyl (C=O) groups excluding carboxylic acids is 2. The smallest absolute Gasteiger partial charge is 0.355 e. The van der Waals surface area contributed by atoms with Crippen molar-refractivity contribution < 1.29 is 23.8 Å². The van der Waals surface area contributed by atoms with E-state index in [0.29, 0.717) is 12.2 Å². The lowest BCUT2D eigenvalue weighted by molar-refractivity contribution is -0.140. The van der Waals surface area contributed by atoms with Gasteiger partial charge in [-0.05, 0) is 37.6 Å². The average molecular weight is 385 g/mol. The molecule has 1 aliphatic heterocycles. The molecule has 0 amide bonds. The van der Waals surface area contributed by atoms with E-state index in [1.54, 1.807) is 4.90 Å². The summed E-state index contributed by atoms with van der Waals surface area (Å²) >= 11 is 0. The molecule has 0 radical (unpaired) electrons. The van der Waals surface area contributed by atoms with Crippen LogP contribution in [0.4, 0.5) is 5.69 Å². The molecule has 0 saturated carbocycles. The van der Waals surface area contributed by atoms with Crippen molar-refractivity contribution in [1.29, 1.82) is 0 Å². The summed E-state index contributed by atoms with van der Waals surface area (Å²) in [5.41, 5.74) is 3.98. The van der Waals surface area contributed by atoms with E-state index in [0.717, 1.165) is 17.0 Å². The molecule has 148 valence electrons. The van der Waals surface area contributed by atoms with Gasteiger partial charge in [-0.3, -0.25) is 4.68 Å². The molecule has 28 heavy (non-hydrogen) atoms. The highest BCUT2D eigenvalue weighted by molar-refractivity contribution is 6.03. The van der Waals surface area contributed by atoms with Gasteiger partial charge in [0.15, 0.2) is 0 Å². The highest BCUT2D eigenvalue weighted by Crippen LogP contribution is 2.27. The molecule has 1 aromatic heterocycles. The molecule has 0 fully saturated rings. The summed E-state index contributed by atoms with van der Waals surface area (Å²) in [7, 11) is 2.54. The zero-order valence-corrected chi connectivity index (χ0v) is 16.4. The molecule has 0 unspecified atom stereocenters. The Morgan fingerprint density at radius 1 is 1.14 bits per heavy atom. The second-order valence-corrected chi connectivity index (χ2v) is 6.47. The van der Waals surface area contributed by atoms with Crippen molar-refractivity contribution in [2.45, 2.75) is 20.4 Å². The number of aromatic nitrogens is 2. The minimum Gasteiger partial charge on any atom is -0.466 e. The number of nitrogens with zero attached hydrogens (tertiary/aromatic N) is 3. The monoisotopic (exact) mass is 385 g/mol. The summed E-state index contributed by atoms with van der Waals surface area (Å²) in [4.78, 5) is 26.1. The van der Waals surface area contributed by atoms with E-state index in [-0.39, 0.29) is 24.6 Å². The Kier molecular flexibility index (Phi) is 5.79. The van der Waals surface area contributed by atoms with Gasteiger partial charge >= 0.3 is 11.9 Å². The molecule has 0 saturated heterocycles. The summed E-state index contributed by atoms with van der Waals surface area (Å²) in [5.74, 6) is -1.24. The lowest BCUT2D eigenvalue weighted by atomic mass is 10.1. The fraction of sp³-hybridized carbons (Fsp3) is 0.350. The van der Waals surface area contributed by atoms with E-state index in [1.807, 2.05) is 48.9 Å². The first kappa shape index (κ1) is 19.6. The molecule has 2 heterocycles. The van der Waals surface area contributed by atoms with Crippen LogP contribution in [-0.2, 0) is 30.3 Å². The molecule has 0 spiro atoms. The van der Waals surface area contributed by atoms with Crippen LogP contribution in [0.15, 0.2) is 41.6 Å². The summed E-state index contributed by atoms with van der Waals surface area (Å²) in [5, 5.41) is 4.48. The lowest BCUT2D eigenvalue weighted by Gasteiger charge is -2.31. The van der Waals surface area contributed by atoms with Crippen LogP contribution in [0.3, 0.4) is 0 Å². The molecular weight excluding hydrogens is 362 g/mol. The molecular formula is C20H23N3O5. The fourth-order valence-electron chi connectivity index (χ4n) is 3.18. The van der Waals surface area contributed by atoms with Gasteiger partial charge in [-0.25, -0.2) is 9.59 Å². The summed E-state index contributed by atoms with van der Waals surface area (Å²) in [6.07, 6.45) is 0. The second kappa shape index (κ2) is 8.26. The van der Waals surface area contributed by atoms with Gasteiger partial charge in [0.2, 0.25) is 0 Å². The number of hydrogen-bond donors (Lipinski definition) is 0. The van der Waals surface area contributed by atoms with Crippen LogP contribution in [0.2, 0.25) is 0 Å². The molecule has 1 aliphatic rings. The Morgan fingerprint density at radius 3 is 2.54 bits per heavy atom. The minimum atomic E-state index is -0.621. The van der Waals surface area contributed by atoms with Crippen LogP contribution in [0.1, 0.15) is 17.0 Å². The number of benzene rings is 1. The maximum absolute atomic E-state index is 12.4. The Balaban J connectivity index is 1.98. The summed E-state index contributed by atoms with van der Waals surface area (Å²) < 4.78 is 17.1. The quantitative estimate of drug-likeness (QED) is 0.728. The number of esters is 2. The fourth-order valence-corrected chi connectivity index (χ4v) is 3.18. The highest BCUT2D eigenvalue weighted by Gasteiger charge is 2.32. The minimum absolute atomic E-state index is 0.0148. The maximum Gasteiger partial charge on any atom is 0.355 e. The van der Waals surface area contributed by atoms with Crippen molar-refractivity contribution >= 4 is 17.6 Å². The van der Waals surface area contributed by atoms with E-state index in [9.17, 15) is 9.59 Å². The zero-order chi connectivity index (χ0) is 20.3. The van der Waals surface area contributed by atoms with Gasteiger partial charge in [0.25, 0.3) is 0 Å². The standard InChI is InChI=1S/C20H23N3O5/c1-13-8-14(2)23(21-13)10-15-6-5-7-16(9-15)22-12-28-11-17(19(24)26-3)18(22)20(25)27-4/h5-9H,10-12H2,1-4H3. The normalized spacial score (nSPS) is 14.2. The van der Waals surface area contributed by atoms with Gasteiger partial charge in [0.1, 0.15) is 12.4 Å². The largest absolute Gasteiger partial charge is 0.466 e. The Labute approximate surface area is 163 Å². The van der Waals surface area contributed by atoms with Crippen LogP contribution >= 0.6 is 0 Å². The third-order valence-corrected chi connectivity index (χ3v) is 4.49. The number of aryl methyl sites for hydroxylation is 2. The Morgan fingerprint density at radius 2 is 1.89 bits per heavy atom. The molecule has 0 N–H and O–H groups in total. The predicted octanol–water partition coefficient (Wildman–Crippen LogP) is 1.94. The van der Waals surface area contributed by atoms with E-state index in [1.165, 1.54) is 14.2 Å². The molecule has 8 heteroatoms. The SMILES string of the molecule is COC(=O)C1=C(C(=O)OC)N(c2cccc(Cn3nc(C)cc3C)c2)COC1. The third kappa shape index (κ3) is 3.91. The van der Waals surface area contributed by atoms with E-state index in [2.05, 4.69) is 5.10 Å². The molecule has 8 nitrogen and oxygen atoms in total. The molecule has 0 atom stereocenters. The topological polar surface area (TPSA) is 82.9 Å². The predicted molar refractivity (Wildman–Crippen MR) is 102 cm³/mol. The first-order chi connectivity index (χ1) is 13.4. The van der Waals surface area contributed by atoms with Gasteiger partial charge in [-0.1, -0.05) is 12.1 Å². The maximum atomic E-state index is 12.4. The molecule has 1 aromatic carbocycles. The van der Waals surface area contributed by atoms with Crippen molar-refractivity contribution in [2.75, 3.05) is 32.5 Å². The van der Waals surface area contributed by atoms with Crippen LogP contribution < -0.4 is 4.90 Å². The van der Waals surface area contributed by atoms with Gasteiger partial charge < -0.3 is 19.1 Å². The summed E-state index contributed by atoms with van der Waals surface area (Å²) in [6, 6.07) is 9.66. The highest BCUT2D eigenvalue weighted by atomic mass is 16.5. The molecule has 0 aliphatic carbocycles.